The van der Waals surface area contributed by atoms with Gasteiger partial charge in [-0.2, -0.15) is 0 Å². The molecule has 140 valence electrons. The number of carbonyl (C=O) groups is 1. The Morgan fingerprint density at radius 3 is 2.85 bits per heavy atom. The fraction of sp³-hybridized carbons (Fsp3) is 0.556. The lowest BCUT2D eigenvalue weighted by Gasteiger charge is -2.25. The molecule has 1 saturated heterocycles. The number of H-pyrrole nitrogens is 1. The second-order valence-electron chi connectivity index (χ2n) is 7.42. The van der Waals surface area contributed by atoms with Crippen molar-refractivity contribution in [2.45, 2.75) is 43.0 Å². The van der Waals surface area contributed by atoms with Crippen LogP contribution in [0.15, 0.2) is 29.4 Å². The molecular weight excluding hydrogens is 352 g/mol. The van der Waals surface area contributed by atoms with Gasteiger partial charge in [-0.15, -0.1) is 0 Å². The van der Waals surface area contributed by atoms with Crippen LogP contribution in [0, 0.1) is 5.92 Å². The lowest BCUT2D eigenvalue weighted by molar-refractivity contribution is -0.129. The van der Waals surface area contributed by atoms with Crippen molar-refractivity contribution < 1.29 is 13.2 Å². The van der Waals surface area contributed by atoms with Gasteiger partial charge < -0.3 is 9.88 Å². The molecular formula is C18H24N4O3S. The summed E-state index contributed by atoms with van der Waals surface area (Å²) in [4.78, 5) is 21.6. The summed E-state index contributed by atoms with van der Waals surface area (Å²) in [6.45, 7) is 1.03. The highest BCUT2D eigenvalue weighted by atomic mass is 32.2. The van der Waals surface area contributed by atoms with Gasteiger partial charge in [0, 0.05) is 32.6 Å². The predicted molar refractivity (Wildman–Crippen MR) is 98.0 cm³/mol. The summed E-state index contributed by atoms with van der Waals surface area (Å²) in [6.07, 6.45) is 6.52. The maximum Gasteiger partial charge on any atom is 0.242 e. The summed E-state index contributed by atoms with van der Waals surface area (Å²) in [5.74, 6) is 0.227. The van der Waals surface area contributed by atoms with Crippen molar-refractivity contribution in [1.29, 1.82) is 0 Å². The van der Waals surface area contributed by atoms with E-state index in [0.29, 0.717) is 31.1 Å². The number of amides is 1. The molecule has 0 spiro atoms. The summed E-state index contributed by atoms with van der Waals surface area (Å²) in [5, 5.41) is 0. The van der Waals surface area contributed by atoms with E-state index in [0.717, 1.165) is 18.4 Å². The van der Waals surface area contributed by atoms with Crippen LogP contribution in [-0.2, 0) is 14.8 Å². The number of likely N-dealkylation sites (tertiary alicyclic amines) is 1. The van der Waals surface area contributed by atoms with Crippen molar-refractivity contribution in [3.8, 4) is 0 Å². The van der Waals surface area contributed by atoms with Crippen molar-refractivity contribution in [2.75, 3.05) is 20.1 Å². The van der Waals surface area contributed by atoms with Crippen molar-refractivity contribution in [3.63, 3.8) is 0 Å². The largest absolute Gasteiger partial charge is 0.345 e. The number of carbonyl (C=O) groups excluding carboxylic acids is 1. The van der Waals surface area contributed by atoms with E-state index in [1.54, 1.807) is 31.6 Å². The van der Waals surface area contributed by atoms with Crippen molar-refractivity contribution in [3.05, 3.63) is 24.5 Å². The minimum Gasteiger partial charge on any atom is -0.345 e. The number of aromatic amines is 1. The van der Waals surface area contributed by atoms with Gasteiger partial charge in [-0.25, -0.2) is 17.7 Å². The van der Waals surface area contributed by atoms with E-state index < -0.39 is 10.0 Å². The van der Waals surface area contributed by atoms with Gasteiger partial charge >= 0.3 is 0 Å². The molecule has 1 N–H and O–H groups in total. The van der Waals surface area contributed by atoms with Crippen molar-refractivity contribution >= 4 is 27.0 Å². The monoisotopic (exact) mass is 376 g/mol. The summed E-state index contributed by atoms with van der Waals surface area (Å²) < 4.78 is 27.2. The molecule has 1 aromatic heterocycles. The van der Waals surface area contributed by atoms with E-state index >= 15 is 0 Å². The van der Waals surface area contributed by atoms with Gasteiger partial charge in [0.2, 0.25) is 15.9 Å². The van der Waals surface area contributed by atoms with Crippen LogP contribution in [0.2, 0.25) is 0 Å². The Bertz CT molecular complexity index is 917. The topological polar surface area (TPSA) is 86.4 Å². The van der Waals surface area contributed by atoms with Crippen LogP contribution >= 0.6 is 0 Å². The third-order valence-electron chi connectivity index (χ3n) is 5.62. The van der Waals surface area contributed by atoms with Gasteiger partial charge in [-0.1, -0.05) is 12.8 Å². The Labute approximate surface area is 153 Å². The number of sulfonamides is 1. The summed E-state index contributed by atoms with van der Waals surface area (Å²) in [5.41, 5.74) is 1.43. The third-order valence-corrected chi connectivity index (χ3v) is 7.44. The molecule has 4 rings (SSSR count). The quantitative estimate of drug-likeness (QED) is 0.864. The molecule has 0 radical (unpaired) electrons. The van der Waals surface area contributed by atoms with E-state index in [1.165, 1.54) is 17.1 Å². The number of rotatable bonds is 5. The highest BCUT2D eigenvalue weighted by Gasteiger charge is 2.37. The Balaban J connectivity index is 1.46. The number of aromatic nitrogens is 2. The first-order valence-electron chi connectivity index (χ1n) is 9.14. The molecule has 2 aliphatic rings. The van der Waals surface area contributed by atoms with E-state index in [2.05, 4.69) is 9.97 Å². The highest BCUT2D eigenvalue weighted by Crippen LogP contribution is 2.30. The molecule has 1 atom stereocenters. The fourth-order valence-corrected chi connectivity index (χ4v) is 5.49. The third kappa shape index (κ3) is 3.12. The van der Waals surface area contributed by atoms with Crippen LogP contribution in [0.4, 0.5) is 0 Å². The van der Waals surface area contributed by atoms with Crippen LogP contribution in [0.3, 0.4) is 0 Å². The van der Waals surface area contributed by atoms with E-state index in [-0.39, 0.29) is 16.7 Å². The average Bonchev–Trinajstić information content (AvgIpc) is 3.34. The molecule has 0 bridgehead atoms. The van der Waals surface area contributed by atoms with Gasteiger partial charge in [0.05, 0.1) is 22.3 Å². The zero-order chi connectivity index (χ0) is 18.3. The highest BCUT2D eigenvalue weighted by molar-refractivity contribution is 7.89. The van der Waals surface area contributed by atoms with Gasteiger partial charge in [-0.05, 0) is 37.0 Å². The van der Waals surface area contributed by atoms with Crippen LogP contribution in [0.25, 0.3) is 11.0 Å². The molecule has 2 fully saturated rings. The molecule has 1 aliphatic carbocycles. The second-order valence-corrected chi connectivity index (χ2v) is 9.47. The number of imidazole rings is 1. The Kier molecular flexibility index (Phi) is 4.48. The summed E-state index contributed by atoms with van der Waals surface area (Å²) in [7, 11) is -2.00. The van der Waals surface area contributed by atoms with Crippen LogP contribution in [-0.4, -0.2) is 59.7 Å². The van der Waals surface area contributed by atoms with Crippen LogP contribution < -0.4 is 0 Å². The second kappa shape index (κ2) is 6.66. The molecule has 7 nitrogen and oxygen atoms in total. The smallest absolute Gasteiger partial charge is 0.242 e. The van der Waals surface area contributed by atoms with Crippen LogP contribution in [0.1, 0.15) is 32.1 Å². The minimum absolute atomic E-state index is 0.0544. The number of nitrogens with zero attached hydrogens (tertiary/aromatic N) is 3. The van der Waals surface area contributed by atoms with E-state index in [1.807, 2.05) is 4.90 Å². The van der Waals surface area contributed by atoms with Gasteiger partial charge in [-0.3, -0.25) is 4.79 Å². The molecule has 1 aromatic carbocycles. The van der Waals surface area contributed by atoms with E-state index in [4.69, 9.17) is 0 Å². The molecule has 26 heavy (non-hydrogen) atoms. The lowest BCUT2D eigenvalue weighted by Crippen LogP contribution is -2.36. The summed E-state index contributed by atoms with van der Waals surface area (Å²) in [6, 6.07) is 5.25. The van der Waals surface area contributed by atoms with E-state index in [9.17, 15) is 13.2 Å². The van der Waals surface area contributed by atoms with Gasteiger partial charge in [0.15, 0.2) is 0 Å². The van der Waals surface area contributed by atoms with Crippen molar-refractivity contribution in [2.24, 2.45) is 5.92 Å². The zero-order valence-electron chi connectivity index (χ0n) is 14.9. The fourth-order valence-electron chi connectivity index (χ4n) is 4.22. The maximum absolute atomic E-state index is 12.9. The Morgan fingerprint density at radius 1 is 1.31 bits per heavy atom. The molecule has 8 heteroatoms. The van der Waals surface area contributed by atoms with Gasteiger partial charge in [0.1, 0.15) is 0 Å². The SMILES string of the molecule is CN(CC1CC(=O)N(C2CCCC2)C1)S(=O)(=O)c1ccc2nc[nH]c2c1. The molecule has 1 saturated carbocycles. The van der Waals surface area contributed by atoms with Gasteiger partial charge in [0.25, 0.3) is 0 Å². The first-order valence-corrected chi connectivity index (χ1v) is 10.6. The standard InChI is InChI=1S/C18H24N4O3S/c1-21(10-13-8-18(23)22(11-13)14-4-2-3-5-14)26(24,25)15-6-7-16-17(9-15)20-12-19-16/h6-7,9,12-14H,2-5,8,10-11H2,1H3,(H,19,20). The molecule has 2 heterocycles. The molecule has 1 unspecified atom stereocenters. The lowest BCUT2D eigenvalue weighted by atomic mass is 10.1. The first-order chi connectivity index (χ1) is 12.4. The number of fused-ring (bicyclic) bond motifs is 1. The number of hydrogen-bond donors (Lipinski definition) is 1. The Hall–Kier alpha value is -1.93. The number of nitrogens with one attached hydrogen (secondary N) is 1. The number of hydrogen-bond acceptors (Lipinski definition) is 4. The zero-order valence-corrected chi connectivity index (χ0v) is 15.7. The molecule has 1 amide bonds. The Morgan fingerprint density at radius 2 is 2.08 bits per heavy atom. The van der Waals surface area contributed by atoms with Crippen molar-refractivity contribution in [1.82, 2.24) is 19.2 Å². The average molecular weight is 376 g/mol. The molecule has 1 aliphatic heterocycles. The maximum atomic E-state index is 12.9. The summed E-state index contributed by atoms with van der Waals surface area (Å²) >= 11 is 0. The minimum atomic E-state index is -3.59. The first kappa shape index (κ1) is 17.5. The normalized spacial score (nSPS) is 22.2. The number of benzene rings is 1. The predicted octanol–water partition coefficient (Wildman–Crippen LogP) is 1.97. The molecule has 2 aromatic rings. The van der Waals surface area contributed by atoms with Crippen LogP contribution in [0.5, 0.6) is 0 Å².